The van der Waals surface area contributed by atoms with Crippen LogP contribution in [0.2, 0.25) is 10.0 Å². The van der Waals surface area contributed by atoms with Gasteiger partial charge in [0.15, 0.2) is 17.3 Å². The Kier molecular flexibility index (Phi) is 8.59. The predicted octanol–water partition coefficient (Wildman–Crippen LogP) is 5.93. The maximum Gasteiger partial charge on any atom is 0.270 e. The van der Waals surface area contributed by atoms with Crippen molar-refractivity contribution < 1.29 is 19.2 Å². The van der Waals surface area contributed by atoms with E-state index in [1.807, 2.05) is 19.0 Å². The largest absolute Gasteiger partial charge is 0.488 e. The molecule has 0 radical (unpaired) electrons. The number of halogens is 2. The fourth-order valence-electron chi connectivity index (χ4n) is 2.81. The third-order valence-electron chi connectivity index (χ3n) is 4.53. The molecule has 34 heavy (non-hydrogen) atoms. The quantitative estimate of drug-likeness (QED) is 0.147. The first kappa shape index (κ1) is 25.2. The summed E-state index contributed by atoms with van der Waals surface area (Å²) in [6.07, 6.45) is 4.27. The molecule has 0 fully saturated rings. The Morgan fingerprint density at radius 3 is 2.56 bits per heavy atom. The molecule has 8 nitrogen and oxygen atoms in total. The van der Waals surface area contributed by atoms with E-state index in [0.29, 0.717) is 29.5 Å². The van der Waals surface area contributed by atoms with E-state index in [9.17, 15) is 14.9 Å². The van der Waals surface area contributed by atoms with E-state index >= 15 is 0 Å². The first-order chi connectivity index (χ1) is 16.2. The van der Waals surface area contributed by atoms with Gasteiger partial charge < -0.3 is 14.4 Å². The Labute approximate surface area is 206 Å². The van der Waals surface area contributed by atoms with Crippen molar-refractivity contribution in [3.05, 3.63) is 92.1 Å². The number of hydrogen-bond acceptors (Lipinski definition) is 7. The standard InChI is InChI=1S/C24H21Cl2N3O5/c1-28(2)11-12-33-22-14-19(25)20(26)15-23(22)34-24-18(7-4-10-27-24)21(30)9-8-16-5-3-6-17(13-16)29(31)32/h3-10,13-15H,11-12H2,1-2H3. The van der Waals surface area contributed by atoms with Gasteiger partial charge in [-0.1, -0.05) is 41.4 Å². The number of non-ortho nitro benzene ring substituents is 1. The van der Waals surface area contributed by atoms with E-state index < -0.39 is 10.7 Å². The van der Waals surface area contributed by atoms with Crippen LogP contribution in [0.3, 0.4) is 0 Å². The van der Waals surface area contributed by atoms with Gasteiger partial charge in [0, 0.05) is 37.0 Å². The van der Waals surface area contributed by atoms with E-state index in [0.717, 1.165) is 0 Å². The van der Waals surface area contributed by atoms with Gasteiger partial charge in [-0.25, -0.2) is 4.98 Å². The number of benzene rings is 2. The van der Waals surface area contributed by atoms with Crippen molar-refractivity contribution in [1.82, 2.24) is 9.88 Å². The summed E-state index contributed by atoms with van der Waals surface area (Å²) in [6.45, 7) is 1.04. The number of nitro groups is 1. The Hall–Kier alpha value is -3.46. The zero-order chi connectivity index (χ0) is 24.7. The van der Waals surface area contributed by atoms with Crippen molar-refractivity contribution in [2.24, 2.45) is 0 Å². The number of likely N-dealkylation sites (N-methyl/N-ethyl adjacent to an activating group) is 1. The molecule has 0 aliphatic heterocycles. The summed E-state index contributed by atoms with van der Waals surface area (Å²) in [7, 11) is 3.84. The van der Waals surface area contributed by atoms with Gasteiger partial charge in [-0.15, -0.1) is 0 Å². The van der Waals surface area contributed by atoms with Gasteiger partial charge in [0.25, 0.3) is 5.69 Å². The number of pyridine rings is 1. The number of aromatic nitrogens is 1. The number of ether oxygens (including phenoxy) is 2. The number of carbonyl (C=O) groups is 1. The van der Waals surface area contributed by atoms with Crippen LogP contribution in [0, 0.1) is 10.1 Å². The lowest BCUT2D eigenvalue weighted by atomic mass is 10.1. The minimum atomic E-state index is -0.498. The summed E-state index contributed by atoms with van der Waals surface area (Å²) in [5.41, 5.74) is 0.630. The molecule has 0 bridgehead atoms. The second-order valence-electron chi connectivity index (χ2n) is 7.37. The molecule has 176 valence electrons. The first-order valence-corrected chi connectivity index (χ1v) is 10.9. The molecule has 3 rings (SSSR count). The molecular formula is C24H21Cl2N3O5. The summed E-state index contributed by atoms with van der Waals surface area (Å²) < 4.78 is 11.7. The van der Waals surface area contributed by atoms with Gasteiger partial charge in [0.1, 0.15) is 6.61 Å². The molecule has 0 spiro atoms. The highest BCUT2D eigenvalue weighted by molar-refractivity contribution is 6.42. The van der Waals surface area contributed by atoms with Crippen LogP contribution in [-0.4, -0.2) is 47.8 Å². The van der Waals surface area contributed by atoms with Crippen LogP contribution < -0.4 is 9.47 Å². The van der Waals surface area contributed by atoms with Crippen LogP contribution >= 0.6 is 23.2 Å². The molecule has 0 unspecified atom stereocenters. The van der Waals surface area contributed by atoms with Gasteiger partial charge in [0.05, 0.1) is 20.5 Å². The molecule has 0 amide bonds. The molecule has 0 atom stereocenters. The molecule has 1 aromatic heterocycles. The van der Waals surface area contributed by atoms with Crippen molar-refractivity contribution >= 4 is 40.7 Å². The summed E-state index contributed by atoms with van der Waals surface area (Å²) in [5, 5.41) is 11.5. The number of rotatable bonds is 10. The Bertz CT molecular complexity index is 1230. The summed E-state index contributed by atoms with van der Waals surface area (Å²) in [4.78, 5) is 29.5. The van der Waals surface area contributed by atoms with E-state index in [4.69, 9.17) is 32.7 Å². The lowest BCUT2D eigenvalue weighted by molar-refractivity contribution is -0.384. The molecule has 0 aliphatic carbocycles. The normalized spacial score (nSPS) is 11.1. The molecule has 0 aliphatic rings. The van der Waals surface area contributed by atoms with Crippen molar-refractivity contribution in [1.29, 1.82) is 0 Å². The van der Waals surface area contributed by atoms with Gasteiger partial charge >= 0.3 is 0 Å². The lowest BCUT2D eigenvalue weighted by Crippen LogP contribution is -2.19. The average molecular weight is 502 g/mol. The fourth-order valence-corrected chi connectivity index (χ4v) is 3.12. The summed E-state index contributed by atoms with van der Waals surface area (Å²) in [5.74, 6) is 0.257. The third kappa shape index (κ3) is 6.77. The second kappa shape index (κ2) is 11.6. The van der Waals surface area contributed by atoms with Gasteiger partial charge in [-0.2, -0.15) is 0 Å². The zero-order valence-corrected chi connectivity index (χ0v) is 19.9. The maximum absolute atomic E-state index is 12.9. The topological polar surface area (TPSA) is 94.8 Å². The number of allylic oxidation sites excluding steroid dienone is 1. The fraction of sp³-hybridized carbons (Fsp3) is 0.167. The maximum atomic E-state index is 12.9. The highest BCUT2D eigenvalue weighted by atomic mass is 35.5. The van der Waals surface area contributed by atoms with Crippen molar-refractivity contribution in [2.75, 3.05) is 27.2 Å². The number of nitrogens with zero attached hydrogens (tertiary/aromatic N) is 3. The smallest absolute Gasteiger partial charge is 0.270 e. The lowest BCUT2D eigenvalue weighted by Gasteiger charge is -2.16. The van der Waals surface area contributed by atoms with E-state index in [-0.39, 0.29) is 27.9 Å². The Balaban J connectivity index is 1.85. The number of ketones is 1. The van der Waals surface area contributed by atoms with Crippen LogP contribution in [0.5, 0.6) is 17.4 Å². The van der Waals surface area contributed by atoms with Crippen molar-refractivity contribution in [3.8, 4) is 17.4 Å². The van der Waals surface area contributed by atoms with Crippen LogP contribution in [0.1, 0.15) is 15.9 Å². The number of carbonyl (C=O) groups excluding carboxylic acids is 1. The molecular weight excluding hydrogens is 481 g/mol. The number of hydrogen-bond donors (Lipinski definition) is 0. The molecule has 0 saturated heterocycles. The molecule has 0 saturated carbocycles. The molecule has 10 heteroatoms. The Morgan fingerprint density at radius 1 is 1.12 bits per heavy atom. The molecule has 2 aromatic carbocycles. The molecule has 1 heterocycles. The first-order valence-electron chi connectivity index (χ1n) is 10.1. The predicted molar refractivity (Wildman–Crippen MR) is 131 cm³/mol. The minimum Gasteiger partial charge on any atom is -0.488 e. The van der Waals surface area contributed by atoms with Crippen molar-refractivity contribution in [2.45, 2.75) is 0 Å². The number of nitro benzene ring substituents is 1. The monoisotopic (exact) mass is 501 g/mol. The van der Waals surface area contributed by atoms with Gasteiger partial charge in [0.2, 0.25) is 5.88 Å². The summed E-state index contributed by atoms with van der Waals surface area (Å²) in [6, 6.07) is 12.2. The highest BCUT2D eigenvalue weighted by Crippen LogP contribution is 2.38. The second-order valence-corrected chi connectivity index (χ2v) is 8.19. The highest BCUT2D eigenvalue weighted by Gasteiger charge is 2.17. The molecule has 3 aromatic rings. The van der Waals surface area contributed by atoms with Gasteiger partial charge in [-0.05, 0) is 37.9 Å². The van der Waals surface area contributed by atoms with Crippen LogP contribution in [0.15, 0.2) is 60.8 Å². The third-order valence-corrected chi connectivity index (χ3v) is 5.26. The van der Waals surface area contributed by atoms with Crippen molar-refractivity contribution in [3.63, 3.8) is 0 Å². The van der Waals surface area contributed by atoms with Crippen LogP contribution in [0.25, 0.3) is 6.08 Å². The van der Waals surface area contributed by atoms with E-state index in [1.54, 1.807) is 30.3 Å². The average Bonchev–Trinajstić information content (AvgIpc) is 2.81. The van der Waals surface area contributed by atoms with Crippen LogP contribution in [0.4, 0.5) is 5.69 Å². The van der Waals surface area contributed by atoms with Gasteiger partial charge in [-0.3, -0.25) is 14.9 Å². The summed E-state index contributed by atoms with van der Waals surface area (Å²) >= 11 is 12.3. The molecule has 0 N–H and O–H groups in total. The Morgan fingerprint density at radius 2 is 1.85 bits per heavy atom. The minimum absolute atomic E-state index is 0.0482. The zero-order valence-electron chi connectivity index (χ0n) is 18.4. The van der Waals surface area contributed by atoms with Crippen LogP contribution in [-0.2, 0) is 0 Å². The van der Waals surface area contributed by atoms with E-state index in [2.05, 4.69) is 4.98 Å². The SMILES string of the molecule is CN(C)CCOc1cc(Cl)c(Cl)cc1Oc1ncccc1C(=O)C=Cc1cccc([N+](=O)[O-])c1. The van der Waals surface area contributed by atoms with E-state index in [1.165, 1.54) is 36.5 Å².